The fourth-order valence-electron chi connectivity index (χ4n) is 3.52. The van der Waals surface area contributed by atoms with Gasteiger partial charge in [0.15, 0.2) is 0 Å². The van der Waals surface area contributed by atoms with Gasteiger partial charge in [-0.15, -0.1) is 0 Å². The van der Waals surface area contributed by atoms with Gasteiger partial charge in [-0.05, 0) is 43.2 Å². The number of carbonyl (C=O) groups is 1. The number of alkyl halides is 3. The largest absolute Gasteiger partial charge is 0.490 e. The summed E-state index contributed by atoms with van der Waals surface area (Å²) in [5, 5.41) is 11.4. The summed E-state index contributed by atoms with van der Waals surface area (Å²) in [7, 11) is 1.97. The number of ether oxygens (including phenoxy) is 1. The van der Waals surface area contributed by atoms with Gasteiger partial charge in [0.25, 0.3) is 0 Å². The number of halogens is 3. The molecular weight excluding hydrogens is 403 g/mol. The van der Waals surface area contributed by atoms with E-state index in [-0.39, 0.29) is 0 Å². The number of nitrogens with zero attached hydrogens (tertiary/aromatic N) is 3. The molecule has 0 amide bonds. The number of aromatic nitrogens is 2. The molecule has 1 saturated carbocycles. The summed E-state index contributed by atoms with van der Waals surface area (Å²) in [5.41, 5.74) is 2.53. The van der Waals surface area contributed by atoms with Gasteiger partial charge in [0.1, 0.15) is 0 Å². The van der Waals surface area contributed by atoms with Gasteiger partial charge in [0.05, 0.1) is 24.8 Å². The summed E-state index contributed by atoms with van der Waals surface area (Å²) < 4.78 is 45.1. The second-order valence-corrected chi connectivity index (χ2v) is 7.80. The molecule has 3 heterocycles. The molecule has 10 heteroatoms. The van der Waals surface area contributed by atoms with Crippen LogP contribution in [0.25, 0.3) is 0 Å². The van der Waals surface area contributed by atoms with Crippen LogP contribution in [0.3, 0.4) is 0 Å². The minimum absolute atomic E-state index is 0.336. The maximum Gasteiger partial charge on any atom is 0.490 e. The molecule has 2 aliphatic rings. The average molecular weight is 429 g/mol. The maximum atomic E-state index is 10.6. The van der Waals surface area contributed by atoms with E-state index in [4.69, 9.17) is 19.1 Å². The van der Waals surface area contributed by atoms with Gasteiger partial charge in [-0.1, -0.05) is 0 Å². The van der Waals surface area contributed by atoms with E-state index in [1.807, 2.05) is 24.2 Å². The first-order chi connectivity index (χ1) is 14.2. The number of carboxylic acid groups (broad SMARTS) is 1. The zero-order valence-electron chi connectivity index (χ0n) is 16.7. The second kappa shape index (κ2) is 9.65. The number of hydrogen-bond donors (Lipinski definition) is 1. The Hall–Kier alpha value is -2.33. The number of furan rings is 1. The van der Waals surface area contributed by atoms with Crippen LogP contribution in [-0.4, -0.2) is 57.2 Å². The molecule has 2 aromatic rings. The van der Waals surface area contributed by atoms with Crippen LogP contribution in [0.1, 0.15) is 30.4 Å². The van der Waals surface area contributed by atoms with Crippen LogP contribution in [0.4, 0.5) is 13.2 Å². The fourth-order valence-corrected chi connectivity index (χ4v) is 3.52. The lowest BCUT2D eigenvalue weighted by molar-refractivity contribution is -0.192. The standard InChI is InChI=1S/C18H25N3O2.C2HF3O2/c1-20-10-16(9-19-20)8-17-18(23-13-14-2-3-14)4-6-21(17)11-15-5-7-22-12-15;3-2(4,5)1(6)7/h5,7,9-10,12,14,17-18H,2-4,6,8,11,13H2,1H3;(H,6,7)/t17-,18-;/m0./s1. The lowest BCUT2D eigenvalue weighted by atomic mass is 10.0. The third kappa shape index (κ3) is 6.60. The molecule has 0 bridgehead atoms. The molecule has 166 valence electrons. The molecular formula is C20H26F3N3O4. The minimum atomic E-state index is -5.08. The summed E-state index contributed by atoms with van der Waals surface area (Å²) in [4.78, 5) is 11.4. The molecule has 2 fully saturated rings. The summed E-state index contributed by atoms with van der Waals surface area (Å²) in [5.74, 6) is -1.94. The monoisotopic (exact) mass is 429 g/mol. The van der Waals surface area contributed by atoms with Crippen molar-refractivity contribution in [2.75, 3.05) is 13.2 Å². The molecule has 4 rings (SSSR count). The Morgan fingerprint density at radius 3 is 2.60 bits per heavy atom. The molecule has 1 N–H and O–H groups in total. The lowest BCUT2D eigenvalue weighted by Gasteiger charge is -2.27. The highest BCUT2D eigenvalue weighted by molar-refractivity contribution is 5.73. The summed E-state index contributed by atoms with van der Waals surface area (Å²) in [6.07, 6.45) is 7.76. The molecule has 1 saturated heterocycles. The highest BCUT2D eigenvalue weighted by Crippen LogP contribution is 2.32. The van der Waals surface area contributed by atoms with Crippen LogP contribution < -0.4 is 0 Å². The van der Waals surface area contributed by atoms with Crippen molar-refractivity contribution >= 4 is 5.97 Å². The maximum absolute atomic E-state index is 10.6. The zero-order valence-corrected chi connectivity index (χ0v) is 16.7. The molecule has 1 aliphatic carbocycles. The van der Waals surface area contributed by atoms with Crippen molar-refractivity contribution in [2.24, 2.45) is 13.0 Å². The molecule has 0 radical (unpaired) electrons. The Bertz CT molecular complexity index is 803. The second-order valence-electron chi connectivity index (χ2n) is 7.80. The van der Waals surface area contributed by atoms with E-state index in [2.05, 4.69) is 22.3 Å². The Morgan fingerprint density at radius 1 is 1.33 bits per heavy atom. The van der Waals surface area contributed by atoms with E-state index in [9.17, 15) is 13.2 Å². The highest BCUT2D eigenvalue weighted by atomic mass is 19.4. The highest BCUT2D eigenvalue weighted by Gasteiger charge is 2.38. The third-order valence-corrected chi connectivity index (χ3v) is 5.25. The molecule has 2 aromatic heterocycles. The lowest BCUT2D eigenvalue weighted by Crippen LogP contribution is -2.38. The van der Waals surface area contributed by atoms with Gasteiger partial charge in [-0.2, -0.15) is 18.3 Å². The van der Waals surface area contributed by atoms with Crippen molar-refractivity contribution < 1.29 is 32.2 Å². The van der Waals surface area contributed by atoms with E-state index >= 15 is 0 Å². The normalized spacial score (nSPS) is 22.0. The quantitative estimate of drug-likeness (QED) is 0.728. The molecule has 1 aliphatic heterocycles. The van der Waals surface area contributed by atoms with Gasteiger partial charge in [-0.25, -0.2) is 4.79 Å². The van der Waals surface area contributed by atoms with Crippen molar-refractivity contribution in [2.45, 2.75) is 50.6 Å². The van der Waals surface area contributed by atoms with Gasteiger partial charge in [0, 0.05) is 44.5 Å². The first-order valence-electron chi connectivity index (χ1n) is 9.86. The summed E-state index contributed by atoms with van der Waals surface area (Å²) >= 11 is 0. The van der Waals surface area contributed by atoms with Crippen LogP contribution in [0.5, 0.6) is 0 Å². The molecule has 0 spiro atoms. The molecule has 2 atom stereocenters. The van der Waals surface area contributed by atoms with Crippen LogP contribution in [0, 0.1) is 5.92 Å². The predicted octanol–water partition coefficient (Wildman–Crippen LogP) is 3.26. The fraction of sp³-hybridized carbons (Fsp3) is 0.600. The molecule has 30 heavy (non-hydrogen) atoms. The van der Waals surface area contributed by atoms with Crippen molar-refractivity contribution in [3.05, 3.63) is 42.1 Å². The third-order valence-electron chi connectivity index (χ3n) is 5.25. The Morgan fingerprint density at radius 2 is 2.07 bits per heavy atom. The Kier molecular flexibility index (Phi) is 7.19. The molecule has 0 aromatic carbocycles. The van der Waals surface area contributed by atoms with Crippen molar-refractivity contribution in [3.8, 4) is 0 Å². The van der Waals surface area contributed by atoms with Gasteiger partial charge in [0.2, 0.25) is 0 Å². The molecule has 7 nitrogen and oxygen atoms in total. The van der Waals surface area contributed by atoms with Crippen LogP contribution in [0.15, 0.2) is 35.4 Å². The first kappa shape index (κ1) is 22.4. The SMILES string of the molecule is Cn1cc(C[C@H]2[C@@H](OCC3CC3)CCN2Cc2ccoc2)cn1.O=C(O)C(F)(F)F. The minimum Gasteiger partial charge on any atom is -0.475 e. The zero-order chi connectivity index (χ0) is 21.7. The van der Waals surface area contributed by atoms with Crippen molar-refractivity contribution in [1.82, 2.24) is 14.7 Å². The van der Waals surface area contributed by atoms with Crippen LogP contribution >= 0.6 is 0 Å². The smallest absolute Gasteiger partial charge is 0.475 e. The van der Waals surface area contributed by atoms with Gasteiger partial charge >= 0.3 is 12.1 Å². The van der Waals surface area contributed by atoms with E-state index in [1.54, 1.807) is 6.26 Å². The van der Waals surface area contributed by atoms with Gasteiger partial charge in [-0.3, -0.25) is 9.58 Å². The topological polar surface area (TPSA) is 80.7 Å². The summed E-state index contributed by atoms with van der Waals surface area (Å²) in [6, 6.07) is 2.48. The number of likely N-dealkylation sites (tertiary alicyclic amines) is 1. The number of rotatable bonds is 7. The van der Waals surface area contributed by atoms with E-state index in [0.717, 1.165) is 38.5 Å². The Balaban J connectivity index is 0.000000318. The Labute approximate surface area is 172 Å². The summed E-state index contributed by atoms with van der Waals surface area (Å²) in [6.45, 7) is 2.96. The van der Waals surface area contributed by atoms with Crippen molar-refractivity contribution in [1.29, 1.82) is 0 Å². The van der Waals surface area contributed by atoms with Crippen LogP contribution in [0.2, 0.25) is 0 Å². The van der Waals surface area contributed by atoms with Crippen LogP contribution in [-0.2, 0) is 29.5 Å². The predicted molar refractivity (Wildman–Crippen MR) is 101 cm³/mol. The van der Waals surface area contributed by atoms with Crippen molar-refractivity contribution in [3.63, 3.8) is 0 Å². The van der Waals surface area contributed by atoms with Gasteiger partial charge < -0.3 is 14.3 Å². The number of carboxylic acids is 1. The first-order valence-corrected chi connectivity index (χ1v) is 9.86. The number of hydrogen-bond acceptors (Lipinski definition) is 5. The number of aryl methyl sites for hydroxylation is 1. The van der Waals surface area contributed by atoms with E-state index in [0.29, 0.717) is 12.1 Å². The van der Waals surface area contributed by atoms with E-state index in [1.165, 1.54) is 24.0 Å². The van der Waals surface area contributed by atoms with E-state index < -0.39 is 12.1 Å². The number of aliphatic carboxylic acids is 1. The molecule has 0 unspecified atom stereocenters. The average Bonchev–Trinajstić information content (AvgIpc) is 3.02.